The molecular formula is C14H18BrClO. The van der Waals surface area contributed by atoms with Gasteiger partial charge in [-0.2, -0.15) is 0 Å². The monoisotopic (exact) mass is 316 g/mol. The summed E-state index contributed by atoms with van der Waals surface area (Å²) in [5.41, 5.74) is 0.390. The highest BCUT2D eigenvalue weighted by molar-refractivity contribution is 9.10. The molecule has 1 fully saturated rings. The van der Waals surface area contributed by atoms with Crippen LogP contribution in [0.15, 0.2) is 22.7 Å². The molecule has 1 unspecified atom stereocenters. The lowest BCUT2D eigenvalue weighted by atomic mass is 9.74. The molecule has 0 amide bonds. The summed E-state index contributed by atoms with van der Waals surface area (Å²) in [4.78, 5) is 0. The van der Waals surface area contributed by atoms with E-state index in [1.54, 1.807) is 0 Å². The van der Waals surface area contributed by atoms with E-state index in [2.05, 4.69) is 29.8 Å². The molecule has 1 aromatic rings. The Balaban J connectivity index is 2.26. The molecule has 0 aliphatic heterocycles. The van der Waals surface area contributed by atoms with E-state index in [1.165, 1.54) is 0 Å². The largest absolute Gasteiger partial charge is 0.389 e. The molecule has 1 N–H and O–H groups in total. The number of halogens is 2. The minimum Gasteiger partial charge on any atom is -0.389 e. The molecule has 94 valence electrons. The molecule has 0 spiro atoms. The van der Waals surface area contributed by atoms with Crippen LogP contribution in [0, 0.1) is 5.41 Å². The third kappa shape index (κ3) is 2.54. The van der Waals surface area contributed by atoms with E-state index >= 15 is 0 Å². The van der Waals surface area contributed by atoms with Crippen molar-refractivity contribution >= 4 is 27.5 Å². The Morgan fingerprint density at radius 3 is 2.59 bits per heavy atom. The van der Waals surface area contributed by atoms with Gasteiger partial charge in [0, 0.05) is 15.9 Å². The van der Waals surface area contributed by atoms with E-state index in [1.807, 2.05) is 18.2 Å². The summed E-state index contributed by atoms with van der Waals surface area (Å²) in [7, 11) is 0. The van der Waals surface area contributed by atoms with Crippen LogP contribution in [0.5, 0.6) is 0 Å². The van der Waals surface area contributed by atoms with Crippen LogP contribution in [0.25, 0.3) is 0 Å². The molecular weight excluding hydrogens is 300 g/mol. The summed E-state index contributed by atoms with van der Waals surface area (Å²) < 4.78 is 0.976. The number of hydrogen-bond donors (Lipinski definition) is 1. The molecule has 2 rings (SSSR count). The van der Waals surface area contributed by atoms with Crippen molar-refractivity contribution in [1.29, 1.82) is 0 Å². The van der Waals surface area contributed by atoms with Crippen molar-refractivity contribution in [2.24, 2.45) is 5.41 Å². The third-order valence-corrected chi connectivity index (χ3v) is 5.00. The van der Waals surface area contributed by atoms with Crippen LogP contribution in [0.1, 0.15) is 38.7 Å². The van der Waals surface area contributed by atoms with E-state index in [0.717, 1.165) is 34.3 Å². The average Bonchev–Trinajstić information content (AvgIpc) is 2.46. The molecule has 1 nitrogen and oxygen atoms in total. The Morgan fingerprint density at radius 1 is 1.35 bits per heavy atom. The number of hydrogen-bond acceptors (Lipinski definition) is 1. The highest BCUT2D eigenvalue weighted by Crippen LogP contribution is 2.48. The topological polar surface area (TPSA) is 20.2 Å². The molecule has 0 bridgehead atoms. The first-order chi connectivity index (χ1) is 7.84. The van der Waals surface area contributed by atoms with Crippen LogP contribution in [-0.4, -0.2) is 10.7 Å². The molecule has 0 aromatic heterocycles. The van der Waals surface area contributed by atoms with Gasteiger partial charge in [0.05, 0.1) is 5.60 Å². The second-order valence-corrected chi connectivity index (χ2v) is 7.00. The van der Waals surface area contributed by atoms with Crippen LogP contribution in [-0.2, 0) is 6.42 Å². The van der Waals surface area contributed by atoms with Gasteiger partial charge in [-0.1, -0.05) is 47.4 Å². The van der Waals surface area contributed by atoms with Crippen LogP contribution in [0.2, 0.25) is 5.02 Å². The number of benzene rings is 1. The predicted molar refractivity (Wildman–Crippen MR) is 75.4 cm³/mol. The maximum absolute atomic E-state index is 10.8. The first-order valence-corrected chi connectivity index (χ1v) is 7.17. The van der Waals surface area contributed by atoms with Gasteiger partial charge < -0.3 is 5.11 Å². The van der Waals surface area contributed by atoms with Gasteiger partial charge in [-0.25, -0.2) is 0 Å². The zero-order valence-corrected chi connectivity index (χ0v) is 12.6. The maximum Gasteiger partial charge on any atom is 0.0739 e. The highest BCUT2D eigenvalue weighted by atomic mass is 79.9. The van der Waals surface area contributed by atoms with Gasteiger partial charge in [0.2, 0.25) is 0 Å². The summed E-state index contributed by atoms with van der Waals surface area (Å²) in [5.74, 6) is 0. The predicted octanol–water partition coefficient (Wildman–Crippen LogP) is 4.59. The molecule has 0 heterocycles. The Labute approximate surface area is 116 Å². The van der Waals surface area contributed by atoms with Crippen LogP contribution in [0.3, 0.4) is 0 Å². The van der Waals surface area contributed by atoms with Crippen molar-refractivity contribution in [1.82, 2.24) is 0 Å². The molecule has 1 aliphatic carbocycles. The molecule has 0 radical (unpaired) electrons. The fourth-order valence-electron chi connectivity index (χ4n) is 2.70. The van der Waals surface area contributed by atoms with Crippen molar-refractivity contribution in [2.45, 2.75) is 45.1 Å². The molecule has 0 saturated heterocycles. The standard InChI is InChI=1S/C14H18BrClO/c1-13(2)6-3-7-14(13,17)9-10-4-5-11(15)8-12(10)16/h4-5,8,17H,3,6-7,9H2,1-2H3. The normalized spacial score (nSPS) is 27.4. The molecule has 1 aromatic carbocycles. The molecule has 17 heavy (non-hydrogen) atoms. The lowest BCUT2D eigenvalue weighted by Crippen LogP contribution is -2.41. The van der Waals surface area contributed by atoms with E-state index in [9.17, 15) is 5.11 Å². The molecule has 1 saturated carbocycles. The second kappa shape index (κ2) is 4.56. The zero-order chi connectivity index (χ0) is 12.7. The minimum atomic E-state index is -0.621. The first kappa shape index (κ1) is 13.4. The summed E-state index contributed by atoms with van der Waals surface area (Å²) in [6, 6.07) is 5.87. The SMILES string of the molecule is CC1(C)CCCC1(O)Cc1ccc(Br)cc1Cl. The molecule has 1 atom stereocenters. The van der Waals surface area contributed by atoms with E-state index < -0.39 is 5.60 Å². The van der Waals surface area contributed by atoms with Gasteiger partial charge in [0.25, 0.3) is 0 Å². The molecule has 3 heteroatoms. The van der Waals surface area contributed by atoms with Gasteiger partial charge in [-0.05, 0) is 42.4 Å². The van der Waals surface area contributed by atoms with Gasteiger partial charge in [0.15, 0.2) is 0 Å². The number of aliphatic hydroxyl groups is 1. The van der Waals surface area contributed by atoms with Crippen LogP contribution < -0.4 is 0 Å². The maximum atomic E-state index is 10.8. The van der Waals surface area contributed by atoms with E-state index in [0.29, 0.717) is 6.42 Å². The quantitative estimate of drug-likeness (QED) is 0.846. The van der Waals surface area contributed by atoms with Crippen molar-refractivity contribution in [2.75, 3.05) is 0 Å². The van der Waals surface area contributed by atoms with Gasteiger partial charge >= 0.3 is 0 Å². The van der Waals surface area contributed by atoms with Gasteiger partial charge in [-0.3, -0.25) is 0 Å². The Hall–Kier alpha value is -0.0500. The Bertz CT molecular complexity index is 430. The van der Waals surface area contributed by atoms with E-state index in [-0.39, 0.29) is 5.41 Å². The van der Waals surface area contributed by atoms with Gasteiger partial charge in [0.1, 0.15) is 0 Å². The Morgan fingerprint density at radius 2 is 2.06 bits per heavy atom. The minimum absolute atomic E-state index is 0.0244. The van der Waals surface area contributed by atoms with Crippen LogP contribution in [0.4, 0.5) is 0 Å². The summed E-state index contributed by atoms with van der Waals surface area (Å²) in [6.07, 6.45) is 3.69. The van der Waals surface area contributed by atoms with E-state index in [4.69, 9.17) is 11.6 Å². The average molecular weight is 318 g/mol. The third-order valence-electron chi connectivity index (χ3n) is 4.15. The summed E-state index contributed by atoms with van der Waals surface area (Å²) in [5, 5.41) is 11.5. The van der Waals surface area contributed by atoms with Crippen molar-refractivity contribution in [3.63, 3.8) is 0 Å². The second-order valence-electron chi connectivity index (χ2n) is 5.68. The fraction of sp³-hybridized carbons (Fsp3) is 0.571. The lowest BCUT2D eigenvalue weighted by Gasteiger charge is -2.37. The van der Waals surface area contributed by atoms with Crippen molar-refractivity contribution in [3.8, 4) is 0 Å². The molecule has 1 aliphatic rings. The van der Waals surface area contributed by atoms with Crippen molar-refractivity contribution in [3.05, 3.63) is 33.3 Å². The Kier molecular flexibility index (Phi) is 3.59. The highest BCUT2D eigenvalue weighted by Gasteiger charge is 2.47. The van der Waals surface area contributed by atoms with Crippen molar-refractivity contribution < 1.29 is 5.11 Å². The fourth-order valence-corrected chi connectivity index (χ4v) is 3.44. The lowest BCUT2D eigenvalue weighted by molar-refractivity contribution is -0.0419. The smallest absolute Gasteiger partial charge is 0.0739 e. The summed E-state index contributed by atoms with van der Waals surface area (Å²) in [6.45, 7) is 4.29. The zero-order valence-electron chi connectivity index (χ0n) is 10.3. The van der Waals surface area contributed by atoms with Crippen LogP contribution >= 0.6 is 27.5 Å². The first-order valence-electron chi connectivity index (χ1n) is 6.00. The number of rotatable bonds is 2. The summed E-state index contributed by atoms with van der Waals surface area (Å²) >= 11 is 9.62. The van der Waals surface area contributed by atoms with Gasteiger partial charge in [-0.15, -0.1) is 0 Å².